The van der Waals surface area contributed by atoms with Gasteiger partial charge in [-0.25, -0.2) is 126 Å². The molecule has 0 saturated heterocycles. The van der Waals surface area contributed by atoms with Gasteiger partial charge in [0.15, 0.2) is 0 Å². The molecule has 0 fully saturated rings. The van der Waals surface area contributed by atoms with Crippen molar-refractivity contribution in [3.63, 3.8) is 0 Å². The molecule has 127 heavy (non-hydrogen) atoms. The zero-order valence-corrected chi connectivity index (χ0v) is 109. The third kappa shape index (κ3) is 62.3. The molecule has 0 spiro atoms. The Morgan fingerprint density at radius 1 is 0.157 bits per heavy atom. The first-order chi connectivity index (χ1) is 49.8. The van der Waals surface area contributed by atoms with Gasteiger partial charge in [-0.1, -0.05) is 60.8 Å². The van der Waals surface area contributed by atoms with E-state index in [1.807, 2.05) is 0 Å². The zero-order chi connectivity index (χ0) is 86.3. The van der Waals surface area contributed by atoms with Crippen molar-refractivity contribution in [2.75, 3.05) is 26.2 Å². The Morgan fingerprint density at radius 2 is 0.268 bits per heavy atom. The molecule has 0 saturated carbocycles. The second-order valence-electron chi connectivity index (χ2n) is 21.4. The Morgan fingerprint density at radius 3 is 0.394 bits per heavy atom. The van der Waals surface area contributed by atoms with Gasteiger partial charge >= 0.3 is 443 Å². The maximum Gasteiger partial charge on any atom is 1.00 e. The molecule has 0 bridgehead atoms. The van der Waals surface area contributed by atoms with Gasteiger partial charge in [0, 0.05) is 26.2 Å². The Labute approximate surface area is 1060 Å². The van der Waals surface area contributed by atoms with Gasteiger partial charge in [0.05, 0.1) is 30.2 Å². The predicted molar refractivity (Wildman–Crippen MR) is 308 cm³/mol. The van der Waals surface area contributed by atoms with Gasteiger partial charge in [-0.15, -0.1) is 0 Å². The average molecular weight is 2270 g/mol. The van der Waals surface area contributed by atoms with Crippen molar-refractivity contribution in [2.45, 2.75) is 122 Å². The topological polar surface area (TPSA) is 1010 Å². The number of hydrogen-bond acceptors (Lipinski definition) is 63. The summed E-state index contributed by atoms with van der Waals surface area (Å²) in [5.74, 6) is 0. The summed E-state index contributed by atoms with van der Waals surface area (Å²) >= 11 is 0. The number of nitrogens with zero attached hydrogens (tertiary/aromatic N) is 3. The molecule has 0 amide bonds. The molecule has 0 heterocycles. The van der Waals surface area contributed by atoms with E-state index in [1.54, 1.807) is 0 Å². The van der Waals surface area contributed by atoms with Crippen molar-refractivity contribution in [3.8, 4) is 0 Å². The van der Waals surface area contributed by atoms with Crippen LogP contribution in [-0.2, 0) is 219 Å². The average Bonchev–Trinajstić information content (AvgIpc) is 0.758. The summed E-state index contributed by atoms with van der Waals surface area (Å²) in [6, 6.07) is -16.2. The normalized spacial score (nSPS) is 27.2. The van der Waals surface area contributed by atoms with Gasteiger partial charge in [0.2, 0.25) is 156 Å². The van der Waals surface area contributed by atoms with Gasteiger partial charge in [0.25, 0.3) is 0 Å². The quantitative estimate of drug-likeness (QED) is 0.0237. The molecule has 20 atom stereocenters. The Balaban J connectivity index is -0.000000997. The van der Waals surface area contributed by atoms with E-state index in [0.29, 0.717) is 0 Å². The van der Waals surface area contributed by atoms with E-state index in [0.717, 1.165) is 0 Å². The fourth-order valence-electron chi connectivity index (χ4n) is 11.1. The fraction of sp³-hybridized carbons (Fsp3) is 0.706. The molecule has 5 aliphatic rings. The molecule has 0 aromatic carbocycles. The molecule has 0 radical (unpaired) electrons. The second-order valence-corrected chi connectivity index (χ2v) is 36.6. The van der Waals surface area contributed by atoms with Gasteiger partial charge < -0.3 is 68.3 Å². The minimum absolute atomic E-state index is 0. The first-order valence-electron chi connectivity index (χ1n) is 27.1. The first-order valence-corrected chi connectivity index (χ1v) is 47.1. The Bertz CT molecular complexity index is 4970. The van der Waals surface area contributed by atoms with E-state index in [9.17, 15) is 195 Å². The van der Waals surface area contributed by atoms with E-state index >= 15 is 0 Å². The third-order valence-corrected chi connectivity index (χ3v) is 21.0. The Kier molecular flexibility index (Phi) is 81.8. The van der Waals surface area contributed by atoms with Crippen molar-refractivity contribution in [1.29, 1.82) is 0 Å². The molecular weight excluding hydrogens is 2240 g/mol. The van der Waals surface area contributed by atoms with E-state index in [1.165, 1.54) is 0 Å². The van der Waals surface area contributed by atoms with Gasteiger partial charge in [-0.2, -0.15) is 0 Å². The van der Waals surface area contributed by atoms with Gasteiger partial charge in [0.1, 0.15) is 91.6 Å². The predicted octanol–water partition coefficient (Wildman–Crippen LogP) is -60.7. The standard InChI is InChI=1S/C34H53N3O60S15.15Na/c38-98(39,40)83-20-6-1-15(25(88-103(53,54)55)30(20)93-108(68,69)70)35(11-13-36(16-2-7-21(84-99(41,42)43)31(94-109(71,72)73)26(16)89-104(56,57)58)17-3-8-22(85-100(44,45)46)32(95-110(74,75)76)27(17)90-105(59,60)61)12-14-37(18-4-9-23(86-101(47,48)49)33(96-111(77,78)79)28(18)91-106(62,63)64)19-5-10-24(87-102(50,51)52)34(97-112(80,81)82)29(19)92-107(65,66)67;;;;;;;;;;;;;;;/h1-10,15-34H,11-14H2,(H,38,39,40)(H,41,42,43)(H,44,45,46)(H,47,48,49)(H,50,51,52)(H,53,54,55)(H,56,57,58)(H,59,60,61)(H,62,63,64)(H,65,66,67)(H,68,69,70)(H,71,72,73)(H,74,75,76)(H,77,78,79)(H,80,81,82);;;;;;;;;;;;;;;/q;15*+1/p-15/t15?,16-,17-,18-,19-,20+,21+,22+,23+,24+,25+,26+,27+,28+,29+,30+,31+,32+,33+,34+;;;;;;;;;;;;;;;/m0.............../s1. The molecule has 0 aromatic rings. The van der Waals surface area contributed by atoms with Crippen molar-refractivity contribution in [2.24, 2.45) is 0 Å². The van der Waals surface area contributed by atoms with Crippen LogP contribution in [0, 0.1) is 0 Å². The summed E-state index contributed by atoms with van der Waals surface area (Å²) in [7, 11) is -101. The number of hydrogen-bond donors (Lipinski definition) is 0. The monoisotopic (exact) mass is 2270 g/mol. The maximum atomic E-state index is 12.8. The summed E-state index contributed by atoms with van der Waals surface area (Å²) in [6.07, 6.45) is -54.1. The zero-order valence-electron chi connectivity index (χ0n) is 67.1. The van der Waals surface area contributed by atoms with Crippen molar-refractivity contribution in [1.82, 2.24) is 14.7 Å². The number of rotatable bonds is 41. The van der Waals surface area contributed by atoms with Crippen molar-refractivity contribution < 1.29 is 701 Å². The van der Waals surface area contributed by atoms with Crippen LogP contribution >= 0.6 is 0 Å². The first kappa shape index (κ1) is 161. The molecule has 654 valence electrons. The molecule has 5 rings (SSSR count). The van der Waals surface area contributed by atoms with Crippen LogP contribution in [0.25, 0.3) is 0 Å². The van der Waals surface area contributed by atoms with E-state index in [2.05, 4.69) is 62.7 Å². The molecule has 0 aromatic heterocycles. The van der Waals surface area contributed by atoms with Crippen LogP contribution in [0.4, 0.5) is 0 Å². The van der Waals surface area contributed by atoms with Crippen molar-refractivity contribution >= 4 is 156 Å². The molecule has 1 unspecified atom stereocenters. The largest absolute Gasteiger partial charge is 1.00 e. The molecule has 93 heteroatoms. The smallest absolute Gasteiger partial charge is 0.726 e. The van der Waals surface area contributed by atoms with Crippen LogP contribution in [0.15, 0.2) is 60.8 Å². The minimum atomic E-state index is -6.94. The summed E-state index contributed by atoms with van der Waals surface area (Å²) in [4.78, 5) is -0.492. The van der Waals surface area contributed by atoms with Crippen molar-refractivity contribution in [3.05, 3.63) is 60.8 Å². The summed E-state index contributed by atoms with van der Waals surface area (Å²) in [6.45, 7) is -8.40. The summed E-state index contributed by atoms with van der Waals surface area (Å²) in [5, 5.41) is 0. The SMILES string of the molecule is O=S(=O)([O-])O[C@H]1[C@H](OS(=O)(=O)[O-])[C@@H](N(CCN(CCN([C@H]2C=C[C@@H](OS(=O)(=O)[O-])[C@@H](OS(=O)(=O)[O-])[C@@H]2OS(=O)(=O)[O-])[C@H]2C=C[C@@H](OS(=O)(=O)[O-])[C@@H](OS(=O)(=O)[O-])[C@@H]2OS(=O)(=O)[O-])C2C=C[C@@H](OS(=O)(=O)[O-])[C@@H](OS(=O)(=O)[O-])[C@@H]2OS(=O)(=O)[O-])[C@H]2C=C[C@@H](OS(=O)(=O)[O-])[C@@H](OS(=O)(=O)[O-])[C@@H]2OS(=O)(=O)[O-])C=C[C@H]1OS(=O)(=O)[O-].[Na+].[Na+].[Na+].[Na+].[Na+].[Na+].[Na+].[Na+].[Na+].[Na+].[Na+].[Na+].[Na+].[Na+].[Na+]. The van der Waals surface area contributed by atoms with Crippen LogP contribution < -0.4 is 443 Å². The maximum absolute atomic E-state index is 12.8. The molecule has 5 aliphatic carbocycles. The minimum Gasteiger partial charge on any atom is -0.726 e. The molecule has 0 N–H and O–H groups in total. The summed E-state index contributed by atoms with van der Waals surface area (Å²) < 4.78 is 620. The summed E-state index contributed by atoms with van der Waals surface area (Å²) in [5.41, 5.74) is 0. The van der Waals surface area contributed by atoms with Crippen LogP contribution in [0.1, 0.15) is 0 Å². The van der Waals surface area contributed by atoms with E-state index in [-0.39, 0.29) is 519 Å². The van der Waals surface area contributed by atoms with Gasteiger partial charge in [-0.05, 0) is 0 Å². The van der Waals surface area contributed by atoms with E-state index < -0.39 is 304 Å². The van der Waals surface area contributed by atoms with Gasteiger partial charge in [-0.3, -0.25) is 77.4 Å². The van der Waals surface area contributed by atoms with Crippen LogP contribution in [0.3, 0.4) is 0 Å². The third-order valence-electron chi connectivity index (χ3n) is 14.1. The van der Waals surface area contributed by atoms with Crippen LogP contribution in [0.2, 0.25) is 0 Å². The fourth-order valence-corrected chi connectivity index (χ4v) is 18.3. The molecular formula is C34H38N3Na15O60S15. The van der Waals surface area contributed by atoms with E-state index in [4.69, 9.17) is 0 Å². The van der Waals surface area contributed by atoms with Crippen LogP contribution in [0.5, 0.6) is 0 Å². The Hall–Kier alpha value is 11.6. The van der Waals surface area contributed by atoms with Crippen LogP contribution in [-0.4, -0.2) is 357 Å². The molecule has 0 aliphatic heterocycles. The molecule has 63 nitrogen and oxygen atoms in total. The second kappa shape index (κ2) is 64.5.